The van der Waals surface area contributed by atoms with E-state index >= 15 is 0 Å². The summed E-state index contributed by atoms with van der Waals surface area (Å²) >= 11 is 0. The SMILES string of the molecule is O=C(O)CCC(=O)OCC(O)COC(=O)NCC(=O)O. The Morgan fingerprint density at radius 3 is 2.10 bits per heavy atom. The maximum Gasteiger partial charge on any atom is 0.407 e. The Morgan fingerprint density at radius 2 is 1.55 bits per heavy atom. The minimum Gasteiger partial charge on any atom is -0.481 e. The molecule has 0 aromatic rings. The van der Waals surface area contributed by atoms with Gasteiger partial charge in [-0.2, -0.15) is 0 Å². The molecule has 0 saturated heterocycles. The Labute approximate surface area is 113 Å². The van der Waals surface area contributed by atoms with Gasteiger partial charge in [-0.1, -0.05) is 0 Å². The standard InChI is InChI=1S/C10H15NO9/c12-6(4-19-9(17)2-1-7(13)14)5-20-10(18)11-3-8(15)16/h6,12H,1-5H2,(H,11,18)(H,13,14)(H,15,16). The van der Waals surface area contributed by atoms with Crippen molar-refractivity contribution in [1.29, 1.82) is 0 Å². The van der Waals surface area contributed by atoms with Gasteiger partial charge in [0.05, 0.1) is 12.8 Å². The Balaban J connectivity index is 3.70. The molecule has 4 N–H and O–H groups in total. The predicted octanol–water partition coefficient (Wildman–Crippen LogP) is -1.43. The van der Waals surface area contributed by atoms with Crippen LogP contribution in [0.5, 0.6) is 0 Å². The molecule has 0 rings (SSSR count). The maximum atomic E-state index is 11.0. The van der Waals surface area contributed by atoms with Gasteiger partial charge in [-0.25, -0.2) is 4.79 Å². The summed E-state index contributed by atoms with van der Waals surface area (Å²) in [6.45, 7) is -1.60. The van der Waals surface area contributed by atoms with Gasteiger partial charge in [0.25, 0.3) is 0 Å². The first kappa shape index (κ1) is 17.6. The molecule has 114 valence electrons. The van der Waals surface area contributed by atoms with E-state index in [2.05, 4.69) is 9.47 Å². The summed E-state index contributed by atoms with van der Waals surface area (Å²) in [7, 11) is 0. The van der Waals surface area contributed by atoms with Gasteiger partial charge in [0.1, 0.15) is 25.9 Å². The van der Waals surface area contributed by atoms with Crippen LogP contribution in [0.4, 0.5) is 4.79 Å². The summed E-state index contributed by atoms with van der Waals surface area (Å²) in [5.41, 5.74) is 0. The van der Waals surface area contributed by atoms with E-state index in [1.54, 1.807) is 0 Å². The third kappa shape index (κ3) is 10.8. The molecule has 10 heteroatoms. The van der Waals surface area contributed by atoms with E-state index in [1.807, 2.05) is 5.32 Å². The van der Waals surface area contributed by atoms with E-state index in [4.69, 9.17) is 10.2 Å². The Bertz CT molecular complexity index is 334. The fraction of sp³-hybridized carbons (Fsp3) is 0.600. The zero-order chi connectivity index (χ0) is 15.5. The van der Waals surface area contributed by atoms with Crippen molar-refractivity contribution in [1.82, 2.24) is 5.32 Å². The van der Waals surface area contributed by atoms with Crippen LogP contribution >= 0.6 is 0 Å². The minimum atomic E-state index is -1.29. The largest absolute Gasteiger partial charge is 0.481 e. The fourth-order valence-corrected chi connectivity index (χ4v) is 0.889. The van der Waals surface area contributed by atoms with E-state index in [0.717, 1.165) is 0 Å². The smallest absolute Gasteiger partial charge is 0.407 e. The second kappa shape index (κ2) is 9.55. The van der Waals surface area contributed by atoms with E-state index in [-0.39, 0.29) is 12.8 Å². The Morgan fingerprint density at radius 1 is 0.950 bits per heavy atom. The summed E-state index contributed by atoms with van der Waals surface area (Å²) in [4.78, 5) is 42.1. The molecule has 0 saturated carbocycles. The molecule has 0 aliphatic heterocycles. The highest BCUT2D eigenvalue weighted by Gasteiger charge is 2.13. The number of esters is 1. The fourth-order valence-electron chi connectivity index (χ4n) is 0.889. The van der Waals surface area contributed by atoms with Gasteiger partial charge in [0, 0.05) is 0 Å². The quantitative estimate of drug-likeness (QED) is 0.373. The third-order valence-electron chi connectivity index (χ3n) is 1.77. The molecule has 1 atom stereocenters. The van der Waals surface area contributed by atoms with Crippen LogP contribution in [-0.4, -0.2) is 65.2 Å². The van der Waals surface area contributed by atoms with E-state index in [9.17, 15) is 24.3 Å². The molecular weight excluding hydrogens is 278 g/mol. The van der Waals surface area contributed by atoms with Gasteiger partial charge in [-0.15, -0.1) is 0 Å². The Hall–Kier alpha value is -2.36. The molecule has 0 radical (unpaired) electrons. The van der Waals surface area contributed by atoms with Crippen LogP contribution in [-0.2, 0) is 23.9 Å². The van der Waals surface area contributed by atoms with Crippen LogP contribution in [0.2, 0.25) is 0 Å². The van der Waals surface area contributed by atoms with Crippen LogP contribution < -0.4 is 5.32 Å². The highest BCUT2D eigenvalue weighted by Crippen LogP contribution is 1.95. The van der Waals surface area contributed by atoms with Gasteiger partial charge in [0.15, 0.2) is 0 Å². The van der Waals surface area contributed by atoms with Crippen molar-refractivity contribution in [2.24, 2.45) is 0 Å². The van der Waals surface area contributed by atoms with Crippen LogP contribution in [0.3, 0.4) is 0 Å². The van der Waals surface area contributed by atoms with Crippen LogP contribution in [0, 0.1) is 0 Å². The van der Waals surface area contributed by atoms with Crippen molar-refractivity contribution in [3.63, 3.8) is 0 Å². The lowest BCUT2D eigenvalue weighted by Crippen LogP contribution is -2.33. The van der Waals surface area contributed by atoms with Gasteiger partial charge in [0.2, 0.25) is 0 Å². The number of carbonyl (C=O) groups is 4. The summed E-state index contributed by atoms with van der Waals surface area (Å²) in [6.07, 6.45) is -3.05. The number of carboxylic acid groups (broad SMARTS) is 2. The number of aliphatic hydroxyl groups excluding tert-OH is 1. The van der Waals surface area contributed by atoms with Crippen LogP contribution in [0.15, 0.2) is 0 Å². The maximum absolute atomic E-state index is 11.0. The number of carboxylic acids is 2. The molecule has 0 aliphatic rings. The number of hydrogen-bond acceptors (Lipinski definition) is 7. The number of ether oxygens (including phenoxy) is 2. The topological polar surface area (TPSA) is 159 Å². The van der Waals surface area contributed by atoms with Gasteiger partial charge >= 0.3 is 24.0 Å². The number of aliphatic hydroxyl groups is 1. The molecule has 0 aromatic carbocycles. The van der Waals surface area contributed by atoms with Crippen molar-refractivity contribution in [3.8, 4) is 0 Å². The summed E-state index contributed by atoms with van der Waals surface area (Å²) in [6, 6.07) is 0. The summed E-state index contributed by atoms with van der Waals surface area (Å²) in [5.74, 6) is -3.21. The average Bonchev–Trinajstić information content (AvgIpc) is 2.37. The molecule has 20 heavy (non-hydrogen) atoms. The van der Waals surface area contributed by atoms with E-state index in [1.165, 1.54) is 0 Å². The van der Waals surface area contributed by atoms with Crippen molar-refractivity contribution in [3.05, 3.63) is 0 Å². The molecule has 0 fully saturated rings. The third-order valence-corrected chi connectivity index (χ3v) is 1.77. The summed E-state index contributed by atoms with van der Waals surface area (Å²) < 4.78 is 8.96. The molecule has 0 heterocycles. The lowest BCUT2D eigenvalue weighted by molar-refractivity contribution is -0.150. The van der Waals surface area contributed by atoms with Crippen molar-refractivity contribution < 1.29 is 44.0 Å². The first-order valence-electron chi connectivity index (χ1n) is 5.49. The molecule has 0 aliphatic carbocycles. The number of aliphatic carboxylic acids is 2. The van der Waals surface area contributed by atoms with Gasteiger partial charge in [-0.3, -0.25) is 14.4 Å². The molecule has 0 spiro atoms. The molecule has 0 bridgehead atoms. The second-order valence-corrected chi connectivity index (χ2v) is 3.58. The number of rotatable bonds is 9. The number of amides is 1. The van der Waals surface area contributed by atoms with Crippen molar-refractivity contribution in [2.45, 2.75) is 18.9 Å². The molecule has 0 aromatic heterocycles. The number of nitrogens with one attached hydrogen (secondary N) is 1. The lowest BCUT2D eigenvalue weighted by atomic mass is 10.3. The lowest BCUT2D eigenvalue weighted by Gasteiger charge is -2.11. The molecular formula is C10H15NO9. The van der Waals surface area contributed by atoms with E-state index < -0.39 is 49.9 Å². The summed E-state index contributed by atoms with van der Waals surface area (Å²) in [5, 5.41) is 27.7. The van der Waals surface area contributed by atoms with Gasteiger partial charge < -0.3 is 30.1 Å². The number of carbonyl (C=O) groups excluding carboxylic acids is 2. The molecule has 10 nitrogen and oxygen atoms in total. The average molecular weight is 293 g/mol. The zero-order valence-corrected chi connectivity index (χ0v) is 10.4. The normalized spacial score (nSPS) is 11.2. The van der Waals surface area contributed by atoms with E-state index in [0.29, 0.717) is 0 Å². The highest BCUT2D eigenvalue weighted by atomic mass is 16.6. The van der Waals surface area contributed by atoms with Crippen molar-refractivity contribution in [2.75, 3.05) is 19.8 Å². The van der Waals surface area contributed by atoms with Crippen LogP contribution in [0.25, 0.3) is 0 Å². The molecule has 1 amide bonds. The monoisotopic (exact) mass is 293 g/mol. The number of hydrogen-bond donors (Lipinski definition) is 4. The zero-order valence-electron chi connectivity index (χ0n) is 10.4. The van der Waals surface area contributed by atoms with Crippen molar-refractivity contribution >= 4 is 24.0 Å². The minimum absolute atomic E-state index is 0.331. The predicted molar refractivity (Wildman–Crippen MR) is 60.8 cm³/mol. The molecule has 1 unspecified atom stereocenters. The first-order valence-corrected chi connectivity index (χ1v) is 5.49. The second-order valence-electron chi connectivity index (χ2n) is 3.58. The van der Waals surface area contributed by atoms with Crippen LogP contribution in [0.1, 0.15) is 12.8 Å². The Kier molecular flexibility index (Phi) is 8.43. The highest BCUT2D eigenvalue weighted by molar-refractivity contribution is 5.77. The first-order chi connectivity index (χ1) is 9.31. The number of alkyl carbamates (subject to hydrolysis) is 1. The van der Waals surface area contributed by atoms with Gasteiger partial charge in [-0.05, 0) is 0 Å².